The first-order valence-corrected chi connectivity index (χ1v) is 7.39. The summed E-state index contributed by atoms with van der Waals surface area (Å²) in [5.41, 5.74) is 6.23. The highest BCUT2D eigenvalue weighted by Crippen LogP contribution is 2.25. The van der Waals surface area contributed by atoms with Gasteiger partial charge >= 0.3 is 0 Å². The van der Waals surface area contributed by atoms with Crippen LogP contribution in [0.4, 0.5) is 0 Å². The minimum atomic E-state index is 0. The topological polar surface area (TPSA) is 38.5 Å². The average molecular weight is 277 g/mol. The molecule has 0 bridgehead atoms. The zero-order valence-corrected chi connectivity index (χ0v) is 12.5. The van der Waals surface area contributed by atoms with Crippen molar-refractivity contribution in [2.75, 3.05) is 26.2 Å². The van der Waals surface area contributed by atoms with Gasteiger partial charge in [0.05, 0.1) is 6.10 Å². The molecule has 2 N–H and O–H groups in total. The zero-order chi connectivity index (χ0) is 12.1. The van der Waals surface area contributed by atoms with Gasteiger partial charge < -0.3 is 15.4 Å². The maximum absolute atomic E-state index is 6.23. The van der Waals surface area contributed by atoms with Crippen LogP contribution in [0.15, 0.2) is 0 Å². The quantitative estimate of drug-likeness (QED) is 0.857. The SMILES string of the molecule is CCO[C@@H]1CCCN(C[C@H]2CCCC[C@@H]2N)C1.Cl. The van der Waals surface area contributed by atoms with Crippen molar-refractivity contribution in [1.82, 2.24) is 4.90 Å². The number of nitrogens with zero attached hydrogens (tertiary/aromatic N) is 1. The van der Waals surface area contributed by atoms with Crippen LogP contribution in [-0.2, 0) is 4.74 Å². The number of ether oxygens (including phenoxy) is 1. The Labute approximate surface area is 118 Å². The second-order valence-electron chi connectivity index (χ2n) is 5.69. The molecule has 0 aromatic heterocycles. The van der Waals surface area contributed by atoms with Gasteiger partial charge in [-0.3, -0.25) is 0 Å². The number of halogens is 1. The molecule has 18 heavy (non-hydrogen) atoms. The summed E-state index contributed by atoms with van der Waals surface area (Å²) in [6, 6.07) is 0.441. The van der Waals surface area contributed by atoms with Crippen molar-refractivity contribution in [3.05, 3.63) is 0 Å². The molecule has 0 radical (unpaired) electrons. The summed E-state index contributed by atoms with van der Waals surface area (Å²) >= 11 is 0. The van der Waals surface area contributed by atoms with E-state index in [9.17, 15) is 0 Å². The lowest BCUT2D eigenvalue weighted by atomic mass is 9.84. The predicted molar refractivity (Wildman–Crippen MR) is 78.3 cm³/mol. The number of nitrogens with two attached hydrogens (primary N) is 1. The third-order valence-corrected chi connectivity index (χ3v) is 4.33. The lowest BCUT2D eigenvalue weighted by molar-refractivity contribution is -0.000685. The monoisotopic (exact) mass is 276 g/mol. The summed E-state index contributed by atoms with van der Waals surface area (Å²) in [6.45, 7) is 6.51. The van der Waals surface area contributed by atoms with Crippen molar-refractivity contribution in [2.45, 2.75) is 57.6 Å². The van der Waals surface area contributed by atoms with Gasteiger partial charge in [-0.05, 0) is 45.1 Å². The standard InChI is InChI=1S/C14H28N2O.ClH/c1-2-17-13-7-5-9-16(11-13)10-12-6-3-4-8-14(12)15;/h12-14H,2-11,15H2,1H3;1H/t12-,13-,14+;/m1./s1. The maximum atomic E-state index is 6.23. The molecule has 4 heteroatoms. The number of hydrogen-bond donors (Lipinski definition) is 1. The largest absolute Gasteiger partial charge is 0.377 e. The molecule has 1 aliphatic heterocycles. The van der Waals surface area contributed by atoms with Gasteiger partial charge in [-0.1, -0.05) is 12.8 Å². The fourth-order valence-corrected chi connectivity index (χ4v) is 3.35. The van der Waals surface area contributed by atoms with Crippen LogP contribution in [0.3, 0.4) is 0 Å². The lowest BCUT2D eigenvalue weighted by Gasteiger charge is -2.37. The third-order valence-electron chi connectivity index (χ3n) is 4.33. The van der Waals surface area contributed by atoms with Crippen molar-refractivity contribution < 1.29 is 4.74 Å². The fourth-order valence-electron chi connectivity index (χ4n) is 3.35. The first kappa shape index (κ1) is 16.2. The zero-order valence-electron chi connectivity index (χ0n) is 11.6. The molecule has 0 aromatic carbocycles. The summed E-state index contributed by atoms with van der Waals surface area (Å²) in [4.78, 5) is 2.58. The van der Waals surface area contributed by atoms with Gasteiger partial charge in [-0.2, -0.15) is 0 Å². The Morgan fingerprint density at radius 1 is 1.17 bits per heavy atom. The van der Waals surface area contributed by atoms with Gasteiger partial charge in [0.15, 0.2) is 0 Å². The summed E-state index contributed by atoms with van der Waals surface area (Å²) in [7, 11) is 0. The van der Waals surface area contributed by atoms with Crippen molar-refractivity contribution >= 4 is 12.4 Å². The van der Waals surface area contributed by atoms with Gasteiger partial charge in [-0.25, -0.2) is 0 Å². The Morgan fingerprint density at radius 2 is 1.94 bits per heavy atom. The predicted octanol–water partition coefficient (Wildman–Crippen LogP) is 2.43. The van der Waals surface area contributed by atoms with E-state index in [1.165, 1.54) is 51.6 Å². The summed E-state index contributed by atoms with van der Waals surface area (Å²) in [5, 5.41) is 0. The smallest absolute Gasteiger partial charge is 0.0702 e. The maximum Gasteiger partial charge on any atom is 0.0702 e. The molecule has 0 spiro atoms. The number of rotatable bonds is 4. The molecule has 1 saturated heterocycles. The van der Waals surface area contributed by atoms with E-state index in [0.29, 0.717) is 12.1 Å². The van der Waals surface area contributed by atoms with E-state index in [4.69, 9.17) is 10.5 Å². The summed E-state index contributed by atoms with van der Waals surface area (Å²) in [6.07, 6.45) is 8.26. The molecular formula is C14H29ClN2O. The van der Waals surface area contributed by atoms with Gasteiger partial charge in [0, 0.05) is 25.7 Å². The Morgan fingerprint density at radius 3 is 2.67 bits per heavy atom. The van der Waals surface area contributed by atoms with Gasteiger partial charge in [0.25, 0.3) is 0 Å². The molecule has 2 fully saturated rings. The van der Waals surface area contributed by atoms with Gasteiger partial charge in [0.2, 0.25) is 0 Å². The molecule has 0 amide bonds. The van der Waals surface area contributed by atoms with Crippen LogP contribution in [0, 0.1) is 5.92 Å². The van der Waals surface area contributed by atoms with Crippen LogP contribution in [0.1, 0.15) is 45.4 Å². The van der Waals surface area contributed by atoms with E-state index in [1.807, 2.05) is 0 Å². The normalized spacial score (nSPS) is 34.0. The lowest BCUT2D eigenvalue weighted by Crippen LogP contribution is -2.46. The molecule has 1 heterocycles. The first-order valence-electron chi connectivity index (χ1n) is 7.39. The molecule has 0 unspecified atom stereocenters. The van der Waals surface area contributed by atoms with Crippen molar-refractivity contribution in [1.29, 1.82) is 0 Å². The van der Waals surface area contributed by atoms with Crippen LogP contribution in [-0.4, -0.2) is 43.3 Å². The van der Waals surface area contributed by atoms with Gasteiger partial charge in [0.1, 0.15) is 0 Å². The molecule has 3 atom stereocenters. The molecule has 0 aromatic rings. The van der Waals surface area contributed by atoms with E-state index >= 15 is 0 Å². The van der Waals surface area contributed by atoms with Crippen LogP contribution in [0.2, 0.25) is 0 Å². The van der Waals surface area contributed by atoms with Crippen LogP contribution in [0.25, 0.3) is 0 Å². The van der Waals surface area contributed by atoms with Crippen LogP contribution >= 0.6 is 12.4 Å². The van der Waals surface area contributed by atoms with Crippen molar-refractivity contribution in [3.8, 4) is 0 Å². The molecule has 2 aliphatic rings. The minimum Gasteiger partial charge on any atom is -0.377 e. The van der Waals surface area contributed by atoms with Crippen LogP contribution in [0.5, 0.6) is 0 Å². The number of hydrogen-bond acceptors (Lipinski definition) is 3. The molecule has 3 nitrogen and oxygen atoms in total. The Balaban J connectivity index is 0.00000162. The Kier molecular flexibility index (Phi) is 7.54. The molecule has 108 valence electrons. The molecular weight excluding hydrogens is 248 g/mol. The Bertz CT molecular complexity index is 226. The summed E-state index contributed by atoms with van der Waals surface area (Å²) < 4.78 is 5.76. The number of piperidine rings is 1. The average Bonchev–Trinajstić information content (AvgIpc) is 2.33. The molecule has 1 aliphatic carbocycles. The Hall–Kier alpha value is 0.170. The van der Waals surface area contributed by atoms with E-state index in [-0.39, 0.29) is 12.4 Å². The minimum absolute atomic E-state index is 0. The van der Waals surface area contributed by atoms with E-state index in [1.54, 1.807) is 0 Å². The second-order valence-corrected chi connectivity index (χ2v) is 5.69. The van der Waals surface area contributed by atoms with Crippen molar-refractivity contribution in [2.24, 2.45) is 11.7 Å². The van der Waals surface area contributed by atoms with Crippen molar-refractivity contribution in [3.63, 3.8) is 0 Å². The van der Waals surface area contributed by atoms with E-state index in [0.717, 1.165) is 19.1 Å². The number of likely N-dealkylation sites (tertiary alicyclic amines) is 1. The van der Waals surface area contributed by atoms with Gasteiger partial charge in [-0.15, -0.1) is 12.4 Å². The van der Waals surface area contributed by atoms with E-state index in [2.05, 4.69) is 11.8 Å². The van der Waals surface area contributed by atoms with Crippen LogP contribution < -0.4 is 5.73 Å². The first-order chi connectivity index (χ1) is 8.29. The second kappa shape index (κ2) is 8.36. The highest BCUT2D eigenvalue weighted by molar-refractivity contribution is 5.85. The summed E-state index contributed by atoms with van der Waals surface area (Å²) in [5.74, 6) is 0.726. The molecule has 2 rings (SSSR count). The fraction of sp³-hybridized carbons (Fsp3) is 1.00. The third kappa shape index (κ3) is 4.69. The van der Waals surface area contributed by atoms with E-state index < -0.39 is 0 Å². The highest BCUT2D eigenvalue weighted by atomic mass is 35.5. The highest BCUT2D eigenvalue weighted by Gasteiger charge is 2.27. The molecule has 1 saturated carbocycles.